The molecule has 0 saturated heterocycles. The molecule has 1 aromatic carbocycles. The first-order chi connectivity index (χ1) is 12.7. The summed E-state index contributed by atoms with van der Waals surface area (Å²) in [5.41, 5.74) is 0.976. The molecule has 8 heteroatoms. The molecule has 0 atom stereocenters. The second-order valence-corrected chi connectivity index (χ2v) is 8.70. The third kappa shape index (κ3) is 4.06. The molecule has 1 aliphatic carbocycles. The van der Waals surface area contributed by atoms with Gasteiger partial charge in [-0.25, -0.2) is 18.4 Å². The Balaban J connectivity index is 1.64. The minimum Gasteiger partial charge on any atom is -0.451 e. The second kappa shape index (κ2) is 7.44. The van der Waals surface area contributed by atoms with E-state index < -0.39 is 21.6 Å². The van der Waals surface area contributed by atoms with Crippen molar-refractivity contribution in [1.29, 1.82) is 0 Å². The first-order valence-corrected chi connectivity index (χ1v) is 10.6. The van der Waals surface area contributed by atoms with Crippen LogP contribution >= 0.6 is 0 Å². The molecule has 0 bridgehead atoms. The first kappa shape index (κ1) is 19.6. The van der Waals surface area contributed by atoms with Gasteiger partial charge in [-0.15, -0.1) is 0 Å². The van der Waals surface area contributed by atoms with Crippen molar-refractivity contribution in [3.63, 3.8) is 0 Å². The topological polar surface area (TPSA) is 116 Å². The fourth-order valence-electron chi connectivity index (χ4n) is 3.86. The number of amides is 1. The van der Waals surface area contributed by atoms with Gasteiger partial charge in [-0.2, -0.15) is 0 Å². The van der Waals surface area contributed by atoms with E-state index in [-0.39, 0.29) is 10.8 Å². The zero-order chi connectivity index (χ0) is 19.7. The van der Waals surface area contributed by atoms with Crippen LogP contribution < -0.4 is 10.5 Å². The van der Waals surface area contributed by atoms with Crippen molar-refractivity contribution < 1.29 is 22.7 Å². The van der Waals surface area contributed by atoms with Gasteiger partial charge in [-0.1, -0.05) is 18.6 Å². The van der Waals surface area contributed by atoms with Gasteiger partial charge in [0, 0.05) is 12.1 Å². The molecule has 1 spiro atoms. The normalized spacial score (nSPS) is 19.3. The molecule has 3 rings (SSSR count). The quantitative estimate of drug-likeness (QED) is 0.738. The third-order valence-corrected chi connectivity index (χ3v) is 6.19. The van der Waals surface area contributed by atoms with Crippen LogP contribution in [0.4, 0.5) is 0 Å². The molecule has 0 radical (unpaired) electrons. The maximum atomic E-state index is 12.8. The number of esters is 1. The molecule has 1 aromatic rings. The summed E-state index contributed by atoms with van der Waals surface area (Å²) in [5.74, 6) is -0.665. The monoisotopic (exact) mass is 392 g/mol. The number of sulfonamides is 1. The maximum Gasteiger partial charge on any atom is 0.335 e. The number of carbonyl (C=O) groups excluding carboxylic acids is 2. The van der Waals surface area contributed by atoms with Crippen LogP contribution in [0, 0.1) is 0 Å². The first-order valence-electron chi connectivity index (χ1n) is 9.08. The maximum absolute atomic E-state index is 12.8. The second-order valence-electron chi connectivity index (χ2n) is 7.14. The molecule has 146 valence electrons. The highest BCUT2D eigenvalue weighted by Crippen LogP contribution is 2.43. The number of benzene rings is 1. The van der Waals surface area contributed by atoms with Crippen molar-refractivity contribution in [3.05, 3.63) is 41.0 Å². The van der Waals surface area contributed by atoms with Crippen LogP contribution in [0.2, 0.25) is 0 Å². The van der Waals surface area contributed by atoms with E-state index in [0.717, 1.165) is 24.8 Å². The highest BCUT2D eigenvalue weighted by atomic mass is 32.2. The van der Waals surface area contributed by atoms with Gasteiger partial charge in [0.1, 0.15) is 5.60 Å². The molecule has 2 aliphatic rings. The fraction of sp³-hybridized carbons (Fsp3) is 0.474. The Kier molecular flexibility index (Phi) is 5.39. The van der Waals surface area contributed by atoms with E-state index in [2.05, 4.69) is 5.32 Å². The zero-order valence-electron chi connectivity index (χ0n) is 15.3. The fourth-order valence-corrected chi connectivity index (χ4v) is 4.37. The predicted molar refractivity (Wildman–Crippen MR) is 99.1 cm³/mol. The molecule has 7 nitrogen and oxygen atoms in total. The zero-order valence-corrected chi connectivity index (χ0v) is 16.1. The number of hydrogen-bond donors (Lipinski definition) is 2. The van der Waals surface area contributed by atoms with Gasteiger partial charge < -0.3 is 10.1 Å². The summed E-state index contributed by atoms with van der Waals surface area (Å²) in [6.07, 6.45) is 4.87. The standard InChI is InChI=1S/C19H24N2O5S/c1-13-16(19(26-18(13)23)10-3-2-4-11-19)17(22)21-12-9-14-5-7-15(8-6-14)27(20,24)25/h5-8H,2-4,9-12H2,1H3,(H,21,22)(H2,20,24,25). The van der Waals surface area contributed by atoms with E-state index in [1.54, 1.807) is 19.1 Å². The molecule has 1 amide bonds. The Morgan fingerprint density at radius 2 is 1.81 bits per heavy atom. The molecule has 0 unspecified atom stereocenters. The summed E-state index contributed by atoms with van der Waals surface area (Å²) in [4.78, 5) is 24.9. The molecular weight excluding hydrogens is 368 g/mol. The number of hydrogen-bond acceptors (Lipinski definition) is 5. The van der Waals surface area contributed by atoms with Crippen molar-refractivity contribution in [2.24, 2.45) is 5.14 Å². The summed E-state index contributed by atoms with van der Waals surface area (Å²) in [5, 5.41) is 7.95. The van der Waals surface area contributed by atoms with Gasteiger partial charge >= 0.3 is 5.97 Å². The number of nitrogens with one attached hydrogen (secondary N) is 1. The third-order valence-electron chi connectivity index (χ3n) is 5.26. The lowest BCUT2D eigenvalue weighted by molar-refractivity contribution is -0.149. The number of carbonyl (C=O) groups is 2. The average molecular weight is 392 g/mol. The molecule has 1 aliphatic heterocycles. The van der Waals surface area contributed by atoms with E-state index in [4.69, 9.17) is 9.88 Å². The molecule has 3 N–H and O–H groups in total. The largest absolute Gasteiger partial charge is 0.451 e. The van der Waals surface area contributed by atoms with Crippen molar-refractivity contribution in [2.75, 3.05) is 6.54 Å². The van der Waals surface area contributed by atoms with E-state index in [9.17, 15) is 18.0 Å². The molecule has 1 heterocycles. The van der Waals surface area contributed by atoms with Crippen LogP contribution in [0.25, 0.3) is 0 Å². The van der Waals surface area contributed by atoms with Gasteiger partial charge in [-0.05, 0) is 56.7 Å². The number of nitrogens with two attached hydrogens (primary N) is 1. The summed E-state index contributed by atoms with van der Waals surface area (Å²) >= 11 is 0. The highest BCUT2D eigenvalue weighted by Gasteiger charge is 2.49. The number of ether oxygens (including phenoxy) is 1. The molecule has 1 fully saturated rings. The van der Waals surface area contributed by atoms with Crippen LogP contribution in [-0.2, 0) is 30.8 Å². The van der Waals surface area contributed by atoms with Crippen molar-refractivity contribution in [1.82, 2.24) is 5.32 Å². The van der Waals surface area contributed by atoms with E-state index in [1.807, 2.05) is 0 Å². The average Bonchev–Trinajstić information content (AvgIpc) is 2.85. The van der Waals surface area contributed by atoms with Crippen LogP contribution in [0.5, 0.6) is 0 Å². The summed E-state index contributed by atoms with van der Waals surface area (Å²) < 4.78 is 28.2. The Bertz CT molecular complexity index is 881. The Morgan fingerprint density at radius 1 is 1.19 bits per heavy atom. The summed E-state index contributed by atoms with van der Waals surface area (Å²) in [6, 6.07) is 6.22. The van der Waals surface area contributed by atoms with E-state index >= 15 is 0 Å². The lowest BCUT2D eigenvalue weighted by atomic mass is 9.78. The van der Waals surface area contributed by atoms with Gasteiger partial charge in [0.15, 0.2) is 0 Å². The highest BCUT2D eigenvalue weighted by molar-refractivity contribution is 7.89. The summed E-state index contributed by atoms with van der Waals surface area (Å²) in [6.45, 7) is 2.02. The van der Waals surface area contributed by atoms with Gasteiger partial charge in [0.2, 0.25) is 10.0 Å². The molecule has 27 heavy (non-hydrogen) atoms. The van der Waals surface area contributed by atoms with Crippen molar-refractivity contribution in [3.8, 4) is 0 Å². The SMILES string of the molecule is CC1=C(C(=O)NCCc2ccc(S(N)(=O)=O)cc2)C2(CCCCC2)OC1=O. The molecular formula is C19H24N2O5S. The minimum atomic E-state index is -3.71. The van der Waals surface area contributed by atoms with Crippen molar-refractivity contribution in [2.45, 2.75) is 55.9 Å². The van der Waals surface area contributed by atoms with Crippen LogP contribution in [0.3, 0.4) is 0 Å². The van der Waals surface area contributed by atoms with E-state index in [0.29, 0.717) is 37.0 Å². The van der Waals surface area contributed by atoms with Crippen molar-refractivity contribution >= 4 is 21.9 Å². The Morgan fingerprint density at radius 3 is 2.41 bits per heavy atom. The Labute approximate surface area is 159 Å². The lowest BCUT2D eigenvalue weighted by Gasteiger charge is -2.34. The smallest absolute Gasteiger partial charge is 0.335 e. The Hall–Kier alpha value is -2.19. The number of rotatable bonds is 5. The minimum absolute atomic E-state index is 0.0527. The van der Waals surface area contributed by atoms with Crippen LogP contribution in [0.15, 0.2) is 40.3 Å². The predicted octanol–water partition coefficient (Wildman–Crippen LogP) is 1.57. The molecule has 1 saturated carbocycles. The van der Waals surface area contributed by atoms with Gasteiger partial charge in [-0.3, -0.25) is 4.79 Å². The van der Waals surface area contributed by atoms with Gasteiger partial charge in [0.05, 0.1) is 10.5 Å². The van der Waals surface area contributed by atoms with Crippen LogP contribution in [0.1, 0.15) is 44.6 Å². The van der Waals surface area contributed by atoms with Crippen LogP contribution in [-0.4, -0.2) is 32.4 Å². The van der Waals surface area contributed by atoms with E-state index in [1.165, 1.54) is 12.1 Å². The molecule has 0 aromatic heterocycles. The summed E-state index contributed by atoms with van der Waals surface area (Å²) in [7, 11) is -3.71. The number of primary sulfonamides is 1. The lowest BCUT2D eigenvalue weighted by Crippen LogP contribution is -2.41. The van der Waals surface area contributed by atoms with Gasteiger partial charge in [0.25, 0.3) is 5.91 Å².